The van der Waals surface area contributed by atoms with Crippen LogP contribution in [0.2, 0.25) is 0 Å². The second kappa shape index (κ2) is 26.5. The van der Waals surface area contributed by atoms with E-state index in [2.05, 4.69) is 291 Å². The Labute approximate surface area is 404 Å². The van der Waals surface area contributed by atoms with Crippen molar-refractivity contribution in [1.82, 2.24) is 0 Å². The van der Waals surface area contributed by atoms with E-state index in [1.165, 1.54) is 54.1 Å². The average Bonchev–Trinajstić information content (AvgIpc) is 3.80. The average molecular weight is 1000 g/mol. The quantitative estimate of drug-likeness (QED) is 0.0728. The molecule has 65 heavy (non-hydrogen) atoms. The number of hydrogen-bond donors (Lipinski definition) is 0. The summed E-state index contributed by atoms with van der Waals surface area (Å²) in [6, 6.07) is 94.7. The van der Waals surface area contributed by atoms with Gasteiger partial charge in [-0.15, -0.1) is 0 Å². The summed E-state index contributed by atoms with van der Waals surface area (Å²) in [6.07, 6.45) is 9.20. The van der Waals surface area contributed by atoms with Gasteiger partial charge in [0.05, 0.1) is 0 Å². The number of fused-ring (bicyclic) bond motifs is 1. The zero-order valence-corrected chi connectivity index (χ0v) is 40.9. The maximum atomic E-state index is 4.85. The smallest absolute Gasteiger partial charge is 0.0134 e. The summed E-state index contributed by atoms with van der Waals surface area (Å²) in [5.74, 6) is 0.657. The first-order valence-electron chi connectivity index (χ1n) is 21.5. The minimum atomic E-state index is -0.446. The minimum absolute atomic E-state index is 0.286. The molecule has 0 radical (unpaired) electrons. The van der Waals surface area contributed by atoms with Gasteiger partial charge in [0.2, 0.25) is 0 Å². The van der Waals surface area contributed by atoms with Crippen molar-refractivity contribution in [3.63, 3.8) is 0 Å². The monoisotopic (exact) mass is 1000 g/mol. The summed E-state index contributed by atoms with van der Waals surface area (Å²) in [4.78, 5) is 0. The topological polar surface area (TPSA) is 0 Å². The zero-order chi connectivity index (χ0) is 44.7. The molecule has 1 atom stereocenters. The zero-order valence-electron chi connectivity index (χ0n) is 35.9. The third-order valence-electron chi connectivity index (χ3n) is 10.8. The van der Waals surface area contributed by atoms with Crippen LogP contribution in [0.25, 0.3) is 6.08 Å². The Morgan fingerprint density at radius 2 is 0.615 bits per heavy atom. The van der Waals surface area contributed by atoms with Gasteiger partial charge < -0.3 is 0 Å². The second-order valence-electron chi connectivity index (χ2n) is 14.9. The first-order chi connectivity index (χ1) is 32.2. The SMILES string of the molecule is C1=CC(C=CC(c2ccccc2)c2ccccc2)c2ccccc21.[Cl][Ru][Cl].c1ccc(P(c2ccccc2)c2ccccc2)cc1.c1ccc(P(c2ccccc2)c2ccccc2)cc1. The first kappa shape index (κ1) is 47.5. The molecule has 0 saturated heterocycles. The Hall–Kier alpha value is -5.48. The van der Waals surface area contributed by atoms with Gasteiger partial charge in [-0.25, -0.2) is 0 Å². The predicted octanol–water partition coefficient (Wildman–Crippen LogP) is 14.5. The molecular formula is C60H50Cl2P2Ru. The van der Waals surface area contributed by atoms with Crippen LogP contribution in [0.1, 0.15) is 34.1 Å². The Bertz CT molecular complexity index is 2400. The van der Waals surface area contributed by atoms with Gasteiger partial charge in [0.1, 0.15) is 0 Å². The molecule has 5 heteroatoms. The Kier molecular flexibility index (Phi) is 19.3. The third kappa shape index (κ3) is 14.0. The molecule has 0 N–H and O–H groups in total. The maximum Gasteiger partial charge on any atom is -0.0134 e. The summed E-state index contributed by atoms with van der Waals surface area (Å²) < 4.78 is 0. The molecule has 0 bridgehead atoms. The summed E-state index contributed by atoms with van der Waals surface area (Å²) in [6.45, 7) is 0. The van der Waals surface area contributed by atoms with Crippen LogP contribution < -0.4 is 31.8 Å². The normalized spacial score (nSPS) is 12.4. The van der Waals surface area contributed by atoms with Crippen molar-refractivity contribution >= 4 is 73.1 Å². The van der Waals surface area contributed by atoms with E-state index in [0.717, 1.165) is 0 Å². The van der Waals surface area contributed by atoms with E-state index in [1.807, 2.05) is 0 Å². The van der Waals surface area contributed by atoms with E-state index in [4.69, 9.17) is 19.4 Å². The summed E-state index contributed by atoms with van der Waals surface area (Å²) in [5.41, 5.74) is 5.39. The van der Waals surface area contributed by atoms with E-state index in [9.17, 15) is 0 Å². The van der Waals surface area contributed by atoms with E-state index >= 15 is 0 Å². The van der Waals surface area contributed by atoms with Gasteiger partial charge in [-0.2, -0.15) is 0 Å². The van der Waals surface area contributed by atoms with Crippen molar-refractivity contribution in [3.05, 3.63) is 307 Å². The summed E-state index contributed by atoms with van der Waals surface area (Å²) in [7, 11) is 8.82. The molecule has 0 nitrogen and oxygen atoms in total. The Balaban J connectivity index is 0.000000142. The number of hydrogen-bond acceptors (Lipinski definition) is 0. The number of allylic oxidation sites excluding steroid dienone is 3. The van der Waals surface area contributed by atoms with Crippen LogP contribution in [0.15, 0.2) is 285 Å². The number of halogens is 2. The van der Waals surface area contributed by atoms with Gasteiger partial charge >= 0.3 is 34.5 Å². The van der Waals surface area contributed by atoms with Crippen molar-refractivity contribution in [2.45, 2.75) is 11.8 Å². The molecule has 0 spiro atoms. The van der Waals surface area contributed by atoms with Gasteiger partial charge in [-0.05, 0) is 69.9 Å². The van der Waals surface area contributed by atoms with Crippen LogP contribution in [0, 0.1) is 0 Å². The molecule has 0 aliphatic heterocycles. The van der Waals surface area contributed by atoms with Gasteiger partial charge in [0, 0.05) is 11.8 Å². The summed E-state index contributed by atoms with van der Waals surface area (Å²) in [5, 5.41) is 8.39. The molecule has 0 heterocycles. The molecule has 1 aliphatic rings. The Morgan fingerprint density at radius 1 is 0.354 bits per heavy atom. The first-order valence-corrected chi connectivity index (χ1v) is 28.7. The molecular weight excluding hydrogens is 955 g/mol. The maximum absolute atomic E-state index is 4.85. The fraction of sp³-hybridized carbons (Fsp3) is 0.0333. The molecule has 0 fully saturated rings. The molecule has 322 valence electrons. The molecule has 0 saturated carbocycles. The van der Waals surface area contributed by atoms with Gasteiger partial charge in [-0.1, -0.05) is 291 Å². The molecule has 9 aromatic rings. The van der Waals surface area contributed by atoms with Crippen LogP contribution >= 0.6 is 35.2 Å². The van der Waals surface area contributed by atoms with E-state index < -0.39 is 15.8 Å². The van der Waals surface area contributed by atoms with Gasteiger partial charge in [0.15, 0.2) is 0 Å². The van der Waals surface area contributed by atoms with E-state index in [0.29, 0.717) is 5.92 Å². The van der Waals surface area contributed by atoms with Crippen molar-refractivity contribution in [3.8, 4) is 0 Å². The third-order valence-corrected chi connectivity index (χ3v) is 15.6. The van der Waals surface area contributed by atoms with Crippen molar-refractivity contribution in [1.29, 1.82) is 0 Å². The van der Waals surface area contributed by atoms with Crippen molar-refractivity contribution in [2.24, 2.45) is 0 Å². The number of rotatable bonds is 10. The van der Waals surface area contributed by atoms with Crippen LogP contribution in [0.4, 0.5) is 0 Å². The van der Waals surface area contributed by atoms with Crippen LogP contribution in [-0.2, 0) is 15.1 Å². The fourth-order valence-corrected chi connectivity index (χ4v) is 12.4. The second-order valence-corrected chi connectivity index (χ2v) is 22.0. The van der Waals surface area contributed by atoms with E-state index in [-0.39, 0.29) is 21.1 Å². The predicted molar refractivity (Wildman–Crippen MR) is 284 cm³/mol. The molecule has 10 rings (SSSR count). The largest absolute Gasteiger partial charge is 0.0622 e. The van der Waals surface area contributed by atoms with E-state index in [1.54, 1.807) is 0 Å². The van der Waals surface area contributed by atoms with Crippen LogP contribution in [0.5, 0.6) is 0 Å². The molecule has 0 aromatic heterocycles. The molecule has 1 aliphatic carbocycles. The standard InChI is InChI=1S/C24H20.2C18H15P.2ClH.Ru/c1-3-9-19(10-4-1)24(20-11-5-2-6-12-20)18-17-22-16-15-21-13-7-8-14-23(21)22;2*1-4-10-16(11-5-1)19(17-12-6-2-7-13-17)18-14-8-3-9-15-18;;;/h1-18,22,24H;2*1-15H;2*1H;/q;;;;;+2/p-2. The molecule has 9 aromatic carbocycles. The van der Waals surface area contributed by atoms with Crippen molar-refractivity contribution < 1.29 is 15.1 Å². The number of benzene rings is 9. The molecule has 0 amide bonds. The minimum Gasteiger partial charge on any atom is -0.0622 e. The van der Waals surface area contributed by atoms with Crippen LogP contribution in [0.3, 0.4) is 0 Å². The van der Waals surface area contributed by atoms with Crippen molar-refractivity contribution in [2.75, 3.05) is 0 Å². The Morgan fingerprint density at radius 3 is 0.923 bits per heavy atom. The van der Waals surface area contributed by atoms with Crippen LogP contribution in [-0.4, -0.2) is 0 Å². The summed E-state index contributed by atoms with van der Waals surface area (Å²) >= 11 is -0.346. The molecule has 1 unspecified atom stereocenters. The fourth-order valence-electron chi connectivity index (χ4n) is 7.77. The van der Waals surface area contributed by atoms with Gasteiger partial charge in [0.25, 0.3) is 0 Å². The van der Waals surface area contributed by atoms with Gasteiger partial charge in [-0.3, -0.25) is 0 Å².